The van der Waals surface area contributed by atoms with Crippen LogP contribution in [-0.4, -0.2) is 70.7 Å². The minimum Gasteiger partial charge on any atom is -0.380 e. The van der Waals surface area contributed by atoms with Crippen LogP contribution in [0.1, 0.15) is 18.9 Å². The molecule has 1 aliphatic rings. The topological polar surface area (TPSA) is 114 Å². The minimum absolute atomic E-state index is 0.0299. The van der Waals surface area contributed by atoms with Gasteiger partial charge in [-0.25, -0.2) is 14.6 Å². The fourth-order valence-corrected chi connectivity index (χ4v) is 4.36. The first kappa shape index (κ1) is 24.9. The van der Waals surface area contributed by atoms with Gasteiger partial charge < -0.3 is 20.3 Å². The number of ether oxygens (including phenoxy) is 1. The maximum absolute atomic E-state index is 12.8. The van der Waals surface area contributed by atoms with E-state index in [0.29, 0.717) is 50.2 Å². The van der Waals surface area contributed by atoms with Gasteiger partial charge in [-0.2, -0.15) is 5.10 Å². The number of aryl methyl sites for hydroxylation is 1. The Bertz CT molecular complexity index is 1180. The highest BCUT2D eigenvalue weighted by Crippen LogP contribution is 2.26. The Kier molecular flexibility index (Phi) is 8.19. The lowest BCUT2D eigenvalue weighted by Crippen LogP contribution is -2.35. The number of carbonyl (C=O) groups is 2. The number of hydrogen-bond donors (Lipinski definition) is 2. The lowest BCUT2D eigenvalue weighted by atomic mass is 10.1. The van der Waals surface area contributed by atoms with Crippen molar-refractivity contribution in [3.05, 3.63) is 36.0 Å². The van der Waals surface area contributed by atoms with Crippen LogP contribution in [0.2, 0.25) is 0 Å². The molecule has 35 heavy (non-hydrogen) atoms. The van der Waals surface area contributed by atoms with E-state index in [1.54, 1.807) is 15.8 Å². The van der Waals surface area contributed by atoms with Crippen LogP contribution in [0, 0.1) is 12.8 Å². The lowest BCUT2D eigenvalue weighted by molar-refractivity contribution is -0.126. The predicted molar refractivity (Wildman–Crippen MR) is 137 cm³/mol. The largest absolute Gasteiger partial charge is 0.380 e. The second-order valence-electron chi connectivity index (χ2n) is 8.32. The Morgan fingerprint density at radius 1 is 1.23 bits per heavy atom. The van der Waals surface area contributed by atoms with Crippen LogP contribution in [0.5, 0.6) is 0 Å². The maximum Gasteiger partial charge on any atom is 0.227 e. The highest BCUT2D eigenvalue weighted by Gasteiger charge is 2.34. The van der Waals surface area contributed by atoms with Crippen molar-refractivity contribution >= 4 is 46.1 Å². The van der Waals surface area contributed by atoms with Crippen LogP contribution < -0.4 is 15.5 Å². The molecule has 1 atom stereocenters. The molecule has 3 aromatic rings. The molecule has 2 N–H and O–H groups in total. The average molecular weight is 498 g/mol. The van der Waals surface area contributed by atoms with E-state index in [1.807, 2.05) is 44.4 Å². The van der Waals surface area contributed by atoms with Gasteiger partial charge >= 0.3 is 0 Å². The molecule has 11 heteroatoms. The number of benzene rings is 1. The Labute approximate surface area is 208 Å². The van der Waals surface area contributed by atoms with Crippen molar-refractivity contribution in [3.63, 3.8) is 0 Å². The van der Waals surface area contributed by atoms with Gasteiger partial charge in [0.05, 0.1) is 30.7 Å². The molecule has 186 valence electrons. The third-order valence-corrected chi connectivity index (χ3v) is 6.41. The smallest absolute Gasteiger partial charge is 0.227 e. The second-order valence-corrected chi connectivity index (χ2v) is 9.09. The molecular formula is C24H31N7O3S. The number of fused-ring (bicyclic) bond motifs is 1. The van der Waals surface area contributed by atoms with Crippen LogP contribution in [0.15, 0.2) is 35.6 Å². The van der Waals surface area contributed by atoms with Gasteiger partial charge in [0.25, 0.3) is 0 Å². The summed E-state index contributed by atoms with van der Waals surface area (Å²) in [5, 5.41) is 12.2. The Balaban J connectivity index is 1.36. The number of aromatic nitrogens is 4. The van der Waals surface area contributed by atoms with E-state index in [0.717, 1.165) is 22.5 Å². The summed E-state index contributed by atoms with van der Waals surface area (Å²) in [5.74, 6) is 0.194. The van der Waals surface area contributed by atoms with Crippen molar-refractivity contribution in [1.82, 2.24) is 25.1 Å². The molecule has 2 amide bonds. The monoisotopic (exact) mass is 497 g/mol. The molecule has 0 saturated carbocycles. The molecule has 0 aliphatic carbocycles. The Hall–Kier alpha value is -3.18. The van der Waals surface area contributed by atoms with Gasteiger partial charge in [0, 0.05) is 38.3 Å². The van der Waals surface area contributed by atoms with E-state index in [1.165, 1.54) is 11.8 Å². The summed E-state index contributed by atoms with van der Waals surface area (Å²) in [6.45, 7) is 7.08. The SMILES string of the molecule is CCOCCNc1nc(SC)nc2c1cnn2CCNC(=O)C1CC(=O)N(c2ccc(C)cc2)C1. The van der Waals surface area contributed by atoms with Gasteiger partial charge in [-0.3, -0.25) is 9.59 Å². The highest BCUT2D eigenvalue weighted by molar-refractivity contribution is 7.98. The Morgan fingerprint density at radius 3 is 2.77 bits per heavy atom. The molecule has 4 rings (SSSR count). The fraction of sp³-hybridized carbons (Fsp3) is 0.458. The van der Waals surface area contributed by atoms with Crippen molar-refractivity contribution in [2.45, 2.75) is 32.0 Å². The molecule has 3 heterocycles. The molecule has 1 fully saturated rings. The van der Waals surface area contributed by atoms with Crippen molar-refractivity contribution in [1.29, 1.82) is 0 Å². The van der Waals surface area contributed by atoms with Gasteiger partial charge in [0.1, 0.15) is 5.82 Å². The third kappa shape index (κ3) is 5.91. The van der Waals surface area contributed by atoms with Crippen molar-refractivity contribution < 1.29 is 14.3 Å². The van der Waals surface area contributed by atoms with Crippen molar-refractivity contribution in [2.75, 3.05) is 49.3 Å². The number of amides is 2. The first-order chi connectivity index (χ1) is 17.0. The minimum atomic E-state index is -0.371. The van der Waals surface area contributed by atoms with Crippen molar-refractivity contribution in [2.24, 2.45) is 5.92 Å². The zero-order valence-corrected chi connectivity index (χ0v) is 21.1. The number of thioether (sulfide) groups is 1. The first-order valence-corrected chi connectivity index (χ1v) is 13.0. The van der Waals surface area contributed by atoms with Gasteiger partial charge in [-0.05, 0) is 32.2 Å². The van der Waals surface area contributed by atoms with Crippen LogP contribution in [0.4, 0.5) is 11.5 Å². The quantitative estimate of drug-likeness (QED) is 0.236. The summed E-state index contributed by atoms with van der Waals surface area (Å²) in [6.07, 6.45) is 3.87. The summed E-state index contributed by atoms with van der Waals surface area (Å²) < 4.78 is 7.16. The number of carbonyl (C=O) groups excluding carboxylic acids is 2. The average Bonchev–Trinajstić information content (AvgIpc) is 3.45. The highest BCUT2D eigenvalue weighted by atomic mass is 32.2. The first-order valence-electron chi connectivity index (χ1n) is 11.7. The third-order valence-electron chi connectivity index (χ3n) is 5.87. The molecule has 1 aliphatic heterocycles. The second kappa shape index (κ2) is 11.5. The van der Waals surface area contributed by atoms with Crippen LogP contribution in [-0.2, 0) is 20.9 Å². The number of anilines is 2. The fourth-order valence-electron chi connectivity index (χ4n) is 4.00. The van der Waals surface area contributed by atoms with E-state index < -0.39 is 0 Å². The molecule has 1 saturated heterocycles. The lowest BCUT2D eigenvalue weighted by Gasteiger charge is -2.17. The van der Waals surface area contributed by atoms with E-state index in [9.17, 15) is 9.59 Å². The standard InChI is InChI=1S/C24H31N7O3S/c1-4-34-12-10-25-21-19-14-27-31(22(19)29-24(28-21)35-3)11-9-26-23(33)17-13-20(32)30(15-17)18-7-5-16(2)6-8-18/h5-8,14,17H,4,9-13,15H2,1-3H3,(H,26,33)(H,25,28,29). The number of hydrogen-bond acceptors (Lipinski definition) is 8. The zero-order valence-electron chi connectivity index (χ0n) is 20.3. The summed E-state index contributed by atoms with van der Waals surface area (Å²) >= 11 is 1.46. The maximum atomic E-state index is 12.8. The molecule has 1 aromatic carbocycles. The number of nitrogens with zero attached hydrogens (tertiary/aromatic N) is 5. The summed E-state index contributed by atoms with van der Waals surface area (Å²) in [7, 11) is 0. The number of nitrogens with one attached hydrogen (secondary N) is 2. The van der Waals surface area contributed by atoms with Crippen molar-refractivity contribution in [3.8, 4) is 0 Å². The summed E-state index contributed by atoms with van der Waals surface area (Å²) in [5.41, 5.74) is 2.66. The molecule has 0 bridgehead atoms. The Morgan fingerprint density at radius 2 is 2.03 bits per heavy atom. The van der Waals surface area contributed by atoms with Gasteiger partial charge in [-0.15, -0.1) is 0 Å². The van der Waals surface area contributed by atoms with Gasteiger partial charge in [0.2, 0.25) is 11.8 Å². The molecular weight excluding hydrogens is 466 g/mol. The molecule has 0 radical (unpaired) electrons. The molecule has 1 unspecified atom stereocenters. The normalized spacial score (nSPS) is 15.7. The predicted octanol–water partition coefficient (Wildman–Crippen LogP) is 2.47. The van der Waals surface area contributed by atoms with E-state index in [2.05, 4.69) is 25.7 Å². The van der Waals surface area contributed by atoms with Crippen LogP contribution >= 0.6 is 11.8 Å². The molecule has 0 spiro atoms. The van der Waals surface area contributed by atoms with E-state index in [-0.39, 0.29) is 24.2 Å². The zero-order chi connectivity index (χ0) is 24.8. The van der Waals surface area contributed by atoms with Gasteiger partial charge in [0.15, 0.2) is 10.8 Å². The molecule has 10 nitrogen and oxygen atoms in total. The number of rotatable bonds is 11. The molecule has 2 aromatic heterocycles. The van der Waals surface area contributed by atoms with Crippen LogP contribution in [0.3, 0.4) is 0 Å². The van der Waals surface area contributed by atoms with Crippen LogP contribution in [0.25, 0.3) is 11.0 Å². The summed E-state index contributed by atoms with van der Waals surface area (Å²) in [6, 6.07) is 7.77. The van der Waals surface area contributed by atoms with E-state index >= 15 is 0 Å². The van der Waals surface area contributed by atoms with Gasteiger partial charge in [-0.1, -0.05) is 29.5 Å². The van der Waals surface area contributed by atoms with E-state index in [4.69, 9.17) is 4.74 Å². The summed E-state index contributed by atoms with van der Waals surface area (Å²) in [4.78, 5) is 36.1.